The van der Waals surface area contributed by atoms with Crippen LogP contribution in [0, 0.1) is 25.2 Å². The summed E-state index contributed by atoms with van der Waals surface area (Å²) in [7, 11) is 0. The Kier molecular flexibility index (Phi) is 7.15. The van der Waals surface area contributed by atoms with Crippen molar-refractivity contribution >= 4 is 17.5 Å². The number of nitrogens with zero attached hydrogens (tertiary/aromatic N) is 2. The molecule has 0 atom stereocenters. The molecule has 1 aromatic heterocycles. The van der Waals surface area contributed by atoms with Gasteiger partial charge in [0, 0.05) is 24.7 Å². The van der Waals surface area contributed by atoms with E-state index < -0.39 is 0 Å². The molecule has 1 aromatic carbocycles. The highest BCUT2D eigenvalue weighted by Gasteiger charge is 2.29. The minimum absolute atomic E-state index is 0.0857. The van der Waals surface area contributed by atoms with Gasteiger partial charge >= 0.3 is 0 Å². The van der Waals surface area contributed by atoms with Crippen LogP contribution in [-0.4, -0.2) is 35.0 Å². The number of nitrogens with one attached hydrogen (secondary N) is 1. The van der Waals surface area contributed by atoms with Crippen LogP contribution in [-0.2, 0) is 11.3 Å². The molecule has 1 fully saturated rings. The summed E-state index contributed by atoms with van der Waals surface area (Å²) >= 11 is 0. The van der Waals surface area contributed by atoms with Crippen molar-refractivity contribution in [2.75, 3.05) is 18.4 Å². The van der Waals surface area contributed by atoms with Crippen LogP contribution in [0.3, 0.4) is 0 Å². The van der Waals surface area contributed by atoms with E-state index in [-0.39, 0.29) is 23.1 Å². The molecule has 1 heterocycles. The third-order valence-electron chi connectivity index (χ3n) is 6.00. The van der Waals surface area contributed by atoms with E-state index in [4.69, 9.17) is 10.3 Å². The summed E-state index contributed by atoms with van der Waals surface area (Å²) in [5.74, 6) is 0.572. The Morgan fingerprint density at radius 1 is 1.26 bits per heavy atom. The minimum atomic E-state index is -0.247. The second-order valence-electron chi connectivity index (χ2n) is 9.40. The van der Waals surface area contributed by atoms with E-state index in [1.807, 2.05) is 38.1 Å². The molecule has 1 aliphatic rings. The monoisotopic (exact) mass is 426 g/mol. The number of aromatic nitrogens is 1. The maximum atomic E-state index is 13.4. The van der Waals surface area contributed by atoms with Crippen molar-refractivity contribution in [1.29, 1.82) is 0 Å². The van der Waals surface area contributed by atoms with Gasteiger partial charge in [0.2, 0.25) is 5.91 Å². The number of benzene rings is 1. The Morgan fingerprint density at radius 2 is 1.97 bits per heavy atom. The molecule has 0 radical (unpaired) electrons. The van der Waals surface area contributed by atoms with E-state index in [9.17, 15) is 9.59 Å². The van der Waals surface area contributed by atoms with Crippen LogP contribution in [0.4, 0.5) is 5.69 Å². The van der Waals surface area contributed by atoms with Gasteiger partial charge in [0.05, 0.1) is 5.69 Å². The van der Waals surface area contributed by atoms with Crippen molar-refractivity contribution in [3.63, 3.8) is 0 Å². The highest BCUT2D eigenvalue weighted by Crippen LogP contribution is 2.27. The first-order valence-corrected chi connectivity index (χ1v) is 11.0. The SMILES string of the molecule is Cc1noc(C)c1C(=O)N(Cc1cccc(NC(=O)C2CCCC2)c1)CC(C)(C)CN. The molecule has 2 amide bonds. The molecule has 1 saturated carbocycles. The molecule has 1 aliphatic carbocycles. The minimum Gasteiger partial charge on any atom is -0.361 e. The number of carbonyl (C=O) groups is 2. The lowest BCUT2D eigenvalue weighted by Gasteiger charge is -2.32. The molecule has 7 nitrogen and oxygen atoms in total. The standard InChI is InChI=1S/C24H34N4O3/c1-16-21(17(2)31-27-16)23(30)28(15-24(3,4)14-25)13-18-8-7-11-20(12-18)26-22(29)19-9-5-6-10-19/h7-8,11-12,19H,5-6,9-10,13-15,25H2,1-4H3,(H,26,29). The van der Waals surface area contributed by atoms with Crippen LogP contribution < -0.4 is 11.1 Å². The molecule has 2 aromatic rings. The zero-order valence-corrected chi connectivity index (χ0v) is 19.0. The van der Waals surface area contributed by atoms with Gasteiger partial charge in [-0.2, -0.15) is 0 Å². The van der Waals surface area contributed by atoms with Crippen LogP contribution in [0.5, 0.6) is 0 Å². The van der Waals surface area contributed by atoms with Gasteiger partial charge in [-0.1, -0.05) is 44.0 Å². The summed E-state index contributed by atoms with van der Waals surface area (Å²) in [6.07, 6.45) is 4.15. The van der Waals surface area contributed by atoms with Crippen molar-refractivity contribution < 1.29 is 14.1 Å². The fraction of sp³-hybridized carbons (Fsp3) is 0.542. The fourth-order valence-electron chi connectivity index (χ4n) is 4.13. The molecule has 168 valence electrons. The molecule has 31 heavy (non-hydrogen) atoms. The molecule has 0 saturated heterocycles. The maximum Gasteiger partial charge on any atom is 0.259 e. The number of nitrogens with two attached hydrogens (primary N) is 1. The molecule has 7 heteroatoms. The van der Waals surface area contributed by atoms with Gasteiger partial charge in [-0.25, -0.2) is 0 Å². The number of amides is 2. The van der Waals surface area contributed by atoms with Gasteiger partial charge in [0.25, 0.3) is 5.91 Å². The summed E-state index contributed by atoms with van der Waals surface area (Å²) in [5.41, 5.74) is 8.48. The van der Waals surface area contributed by atoms with Gasteiger partial charge < -0.3 is 20.5 Å². The lowest BCUT2D eigenvalue weighted by Crippen LogP contribution is -2.42. The van der Waals surface area contributed by atoms with Gasteiger partial charge in [-0.3, -0.25) is 9.59 Å². The van der Waals surface area contributed by atoms with Crippen molar-refractivity contribution in [2.45, 2.75) is 59.9 Å². The summed E-state index contributed by atoms with van der Waals surface area (Å²) < 4.78 is 5.22. The maximum absolute atomic E-state index is 13.4. The molecule has 0 spiro atoms. The van der Waals surface area contributed by atoms with Crippen molar-refractivity contribution in [2.24, 2.45) is 17.1 Å². The number of hydrogen-bond donors (Lipinski definition) is 2. The van der Waals surface area contributed by atoms with Crippen LogP contribution >= 0.6 is 0 Å². The van der Waals surface area contributed by atoms with Gasteiger partial charge in [-0.15, -0.1) is 0 Å². The smallest absolute Gasteiger partial charge is 0.259 e. The Morgan fingerprint density at radius 3 is 2.58 bits per heavy atom. The Bertz CT molecular complexity index is 909. The van der Waals surface area contributed by atoms with E-state index in [1.54, 1.807) is 18.7 Å². The van der Waals surface area contributed by atoms with Gasteiger partial charge in [0.1, 0.15) is 11.3 Å². The Hall–Kier alpha value is -2.67. The van der Waals surface area contributed by atoms with Gasteiger partial charge in [-0.05, 0) is 56.3 Å². The topological polar surface area (TPSA) is 101 Å². The predicted octanol–water partition coefficient (Wildman–Crippen LogP) is 4.05. The summed E-state index contributed by atoms with van der Waals surface area (Å²) in [6, 6.07) is 7.71. The molecule has 3 N–H and O–H groups in total. The summed E-state index contributed by atoms with van der Waals surface area (Å²) in [5, 5.41) is 6.98. The first-order chi connectivity index (χ1) is 14.7. The van der Waals surface area contributed by atoms with Crippen LogP contribution in [0.1, 0.15) is 66.9 Å². The fourth-order valence-corrected chi connectivity index (χ4v) is 4.13. The zero-order valence-electron chi connectivity index (χ0n) is 19.0. The second-order valence-corrected chi connectivity index (χ2v) is 9.40. The largest absolute Gasteiger partial charge is 0.361 e. The number of anilines is 1. The summed E-state index contributed by atoms with van der Waals surface area (Å²) in [6.45, 7) is 8.95. The van der Waals surface area contributed by atoms with Crippen LogP contribution in [0.25, 0.3) is 0 Å². The molecule has 3 rings (SSSR count). The predicted molar refractivity (Wildman–Crippen MR) is 121 cm³/mol. The first-order valence-electron chi connectivity index (χ1n) is 11.0. The molecule has 0 aliphatic heterocycles. The van der Waals surface area contributed by atoms with E-state index in [0.29, 0.717) is 36.7 Å². The Labute approximate surface area is 184 Å². The number of carbonyl (C=O) groups excluding carboxylic acids is 2. The van der Waals surface area contributed by atoms with Crippen LogP contribution in [0.15, 0.2) is 28.8 Å². The van der Waals surface area contributed by atoms with E-state index in [0.717, 1.165) is 36.9 Å². The summed E-state index contributed by atoms with van der Waals surface area (Å²) in [4.78, 5) is 27.7. The average molecular weight is 427 g/mol. The van der Waals surface area contributed by atoms with Crippen molar-refractivity contribution in [3.8, 4) is 0 Å². The van der Waals surface area contributed by atoms with Gasteiger partial charge in [0.15, 0.2) is 0 Å². The zero-order chi connectivity index (χ0) is 22.6. The first kappa shape index (κ1) is 23.0. The molecular weight excluding hydrogens is 392 g/mol. The number of aryl methyl sites for hydroxylation is 2. The van der Waals surface area contributed by atoms with E-state index in [2.05, 4.69) is 10.5 Å². The highest BCUT2D eigenvalue weighted by atomic mass is 16.5. The molecule has 0 unspecified atom stereocenters. The third kappa shape index (κ3) is 5.73. The lowest BCUT2D eigenvalue weighted by atomic mass is 9.92. The Balaban J connectivity index is 1.80. The quantitative estimate of drug-likeness (QED) is 0.663. The number of rotatable bonds is 8. The molecular formula is C24H34N4O3. The lowest BCUT2D eigenvalue weighted by molar-refractivity contribution is -0.119. The highest BCUT2D eigenvalue weighted by molar-refractivity contribution is 5.96. The van der Waals surface area contributed by atoms with Crippen molar-refractivity contribution in [3.05, 3.63) is 46.8 Å². The van der Waals surface area contributed by atoms with E-state index in [1.165, 1.54) is 0 Å². The van der Waals surface area contributed by atoms with E-state index >= 15 is 0 Å². The number of hydrogen-bond acceptors (Lipinski definition) is 5. The average Bonchev–Trinajstić information content (AvgIpc) is 3.37. The molecule has 0 bridgehead atoms. The van der Waals surface area contributed by atoms with Crippen molar-refractivity contribution in [1.82, 2.24) is 10.1 Å². The normalized spacial score (nSPS) is 14.6. The second kappa shape index (κ2) is 9.64. The van der Waals surface area contributed by atoms with Crippen LogP contribution in [0.2, 0.25) is 0 Å². The third-order valence-corrected chi connectivity index (χ3v) is 6.00.